The summed E-state index contributed by atoms with van der Waals surface area (Å²) in [5.74, 6) is 0. The Morgan fingerprint density at radius 1 is 0.818 bits per heavy atom. The molecule has 68 valence electrons. The van der Waals surface area contributed by atoms with E-state index in [0.29, 0.717) is 7.87 Å². The van der Waals surface area contributed by atoms with Crippen LogP contribution in [0.25, 0.3) is 0 Å². The summed E-state index contributed by atoms with van der Waals surface area (Å²) in [7, 11) is 3.58. The van der Waals surface area contributed by atoms with Crippen LogP contribution in [-0.2, 0) is 6.15 Å². The number of rotatable bonds is 4. The van der Waals surface area contributed by atoms with Gasteiger partial charge in [0.1, 0.15) is 0 Å². The van der Waals surface area contributed by atoms with Crippen LogP contribution in [0.1, 0.15) is 27.7 Å². The first kappa shape index (κ1) is 11.7. The third-order valence-electron chi connectivity index (χ3n) is 2.25. The standard InChI is InChI=1S/2C3H7.2CH3O.Sn/c2*1-3-2;2*1-2;/h2*3H,1-2H3;2*1H3;/q;;2*-1;+2. The van der Waals surface area contributed by atoms with Crippen molar-refractivity contribution in [1.82, 2.24) is 0 Å². The molecule has 0 N–H and O–H groups in total. The summed E-state index contributed by atoms with van der Waals surface area (Å²) in [5.41, 5.74) is 0. The van der Waals surface area contributed by atoms with Crippen molar-refractivity contribution in [2.24, 2.45) is 0 Å². The van der Waals surface area contributed by atoms with E-state index in [1.54, 1.807) is 14.2 Å². The summed E-state index contributed by atoms with van der Waals surface area (Å²) in [6.45, 7) is 8.79. The van der Waals surface area contributed by atoms with Crippen molar-refractivity contribution in [3.8, 4) is 0 Å². The van der Waals surface area contributed by atoms with Gasteiger partial charge in [0.2, 0.25) is 0 Å². The molecule has 0 spiro atoms. The van der Waals surface area contributed by atoms with Crippen LogP contribution in [0, 0.1) is 0 Å². The molecule has 0 amide bonds. The molecule has 0 fully saturated rings. The number of hydrogen-bond donors (Lipinski definition) is 0. The first-order valence-electron chi connectivity index (χ1n) is 4.11. The van der Waals surface area contributed by atoms with Crippen LogP contribution in [0.3, 0.4) is 0 Å². The van der Waals surface area contributed by atoms with Gasteiger partial charge in [0.05, 0.1) is 0 Å². The molecule has 0 atom stereocenters. The topological polar surface area (TPSA) is 18.5 Å². The fraction of sp³-hybridized carbons (Fsp3) is 1.00. The summed E-state index contributed by atoms with van der Waals surface area (Å²) < 4.78 is 12.4. The van der Waals surface area contributed by atoms with E-state index in [1.165, 1.54) is 0 Å². The fourth-order valence-corrected chi connectivity index (χ4v) is 11.4. The normalized spacial score (nSPS) is 13.1. The Hall–Kier alpha value is 0.719. The van der Waals surface area contributed by atoms with E-state index in [1.807, 2.05) is 0 Å². The summed E-state index contributed by atoms with van der Waals surface area (Å²) in [6, 6.07) is 0. The molecular weight excluding hydrogens is 247 g/mol. The predicted molar refractivity (Wildman–Crippen MR) is 50.0 cm³/mol. The van der Waals surface area contributed by atoms with E-state index in [9.17, 15) is 0 Å². The van der Waals surface area contributed by atoms with Gasteiger partial charge in [-0.05, 0) is 0 Å². The molecule has 3 heteroatoms. The van der Waals surface area contributed by atoms with Crippen LogP contribution in [0.2, 0.25) is 7.87 Å². The van der Waals surface area contributed by atoms with Crippen LogP contribution in [0.5, 0.6) is 0 Å². The third-order valence-corrected chi connectivity index (χ3v) is 15.1. The Morgan fingerprint density at radius 3 is 1.09 bits per heavy atom. The minimum atomic E-state index is -2.66. The average Bonchev–Trinajstić information content (AvgIpc) is 1.90. The maximum atomic E-state index is 5.60. The summed E-state index contributed by atoms with van der Waals surface area (Å²) in [6.07, 6.45) is 0. The Balaban J connectivity index is 4.46. The molecule has 0 radical (unpaired) electrons. The van der Waals surface area contributed by atoms with Crippen molar-refractivity contribution in [1.29, 1.82) is 0 Å². The van der Waals surface area contributed by atoms with Crippen LogP contribution >= 0.6 is 0 Å². The first-order valence-corrected chi connectivity index (χ1v) is 9.74. The van der Waals surface area contributed by atoms with Gasteiger partial charge < -0.3 is 0 Å². The molecule has 0 aromatic heterocycles. The molecule has 0 aromatic carbocycles. The molecule has 0 aromatic rings. The van der Waals surface area contributed by atoms with E-state index >= 15 is 0 Å². The van der Waals surface area contributed by atoms with Crippen molar-refractivity contribution >= 4 is 19.2 Å². The molecule has 0 unspecified atom stereocenters. The van der Waals surface area contributed by atoms with Crippen LogP contribution in [0.15, 0.2) is 0 Å². The van der Waals surface area contributed by atoms with Gasteiger partial charge in [-0.3, -0.25) is 0 Å². The van der Waals surface area contributed by atoms with Crippen molar-refractivity contribution in [2.45, 2.75) is 35.6 Å². The SMILES string of the molecule is C[O][Sn]([O]C)([CH](C)C)[CH](C)C. The van der Waals surface area contributed by atoms with Gasteiger partial charge in [0.15, 0.2) is 0 Å². The van der Waals surface area contributed by atoms with Gasteiger partial charge in [0, 0.05) is 0 Å². The van der Waals surface area contributed by atoms with Gasteiger partial charge >= 0.3 is 75.1 Å². The second kappa shape index (κ2) is 4.67. The predicted octanol–water partition coefficient (Wildman–Crippen LogP) is 2.54. The molecule has 0 aliphatic heterocycles. The second-order valence-electron chi connectivity index (χ2n) is 3.44. The quantitative estimate of drug-likeness (QED) is 0.729. The molecule has 2 nitrogen and oxygen atoms in total. The number of hydrogen-bond acceptors (Lipinski definition) is 2. The van der Waals surface area contributed by atoms with E-state index in [2.05, 4.69) is 27.7 Å². The van der Waals surface area contributed by atoms with Gasteiger partial charge in [-0.2, -0.15) is 0 Å². The molecule has 11 heavy (non-hydrogen) atoms. The van der Waals surface area contributed by atoms with Crippen molar-refractivity contribution in [3.63, 3.8) is 0 Å². The fourth-order valence-electron chi connectivity index (χ4n) is 1.69. The van der Waals surface area contributed by atoms with Gasteiger partial charge in [-0.15, -0.1) is 0 Å². The monoisotopic (exact) mass is 268 g/mol. The molecule has 0 aliphatic rings. The Kier molecular flexibility index (Phi) is 4.98. The molecule has 0 heterocycles. The molecular formula is C8H20O2Sn. The molecule has 0 aliphatic carbocycles. The van der Waals surface area contributed by atoms with Crippen molar-refractivity contribution in [2.75, 3.05) is 14.2 Å². The summed E-state index contributed by atoms with van der Waals surface area (Å²) >= 11 is -2.66. The zero-order valence-electron chi connectivity index (χ0n) is 8.47. The Morgan fingerprint density at radius 2 is 1.09 bits per heavy atom. The van der Waals surface area contributed by atoms with Crippen LogP contribution in [0.4, 0.5) is 0 Å². The summed E-state index contributed by atoms with van der Waals surface area (Å²) in [5, 5.41) is 0. The molecule has 0 saturated heterocycles. The molecule has 0 bridgehead atoms. The van der Waals surface area contributed by atoms with Gasteiger partial charge in [0.25, 0.3) is 0 Å². The second-order valence-corrected chi connectivity index (χ2v) is 16.5. The van der Waals surface area contributed by atoms with E-state index in [-0.39, 0.29) is 0 Å². The molecule has 0 rings (SSSR count). The average molecular weight is 267 g/mol. The van der Waals surface area contributed by atoms with Crippen molar-refractivity contribution in [3.05, 3.63) is 0 Å². The van der Waals surface area contributed by atoms with E-state index in [0.717, 1.165) is 0 Å². The van der Waals surface area contributed by atoms with Gasteiger partial charge in [-0.25, -0.2) is 0 Å². The Bertz CT molecular complexity index is 98.7. The Labute approximate surface area is 75.2 Å². The minimum absolute atomic E-state index is 0.583. The van der Waals surface area contributed by atoms with Crippen molar-refractivity contribution < 1.29 is 6.15 Å². The van der Waals surface area contributed by atoms with Gasteiger partial charge in [-0.1, -0.05) is 0 Å². The first-order chi connectivity index (χ1) is 5.01. The zero-order chi connectivity index (χ0) is 9.07. The third kappa shape index (κ3) is 2.33. The maximum absolute atomic E-state index is 5.60. The van der Waals surface area contributed by atoms with Crippen LogP contribution in [-0.4, -0.2) is 33.4 Å². The summed E-state index contributed by atoms with van der Waals surface area (Å²) in [4.78, 5) is 0. The van der Waals surface area contributed by atoms with E-state index < -0.39 is 19.2 Å². The zero-order valence-corrected chi connectivity index (χ0v) is 11.3. The molecule has 0 saturated carbocycles. The van der Waals surface area contributed by atoms with Crippen LogP contribution < -0.4 is 0 Å². The van der Waals surface area contributed by atoms with E-state index in [4.69, 9.17) is 6.15 Å².